The summed E-state index contributed by atoms with van der Waals surface area (Å²) in [5.74, 6) is -0.792. The lowest BCUT2D eigenvalue weighted by atomic mass is 9.90. The number of carbonyl (C=O) groups excluding carboxylic acids is 1. The Hall–Kier alpha value is -1.13. The van der Waals surface area contributed by atoms with Crippen LogP contribution in [0.5, 0.6) is 0 Å². The predicted octanol–water partition coefficient (Wildman–Crippen LogP) is 2.29. The second-order valence-electron chi connectivity index (χ2n) is 5.09. The Balaban J connectivity index is 2.21. The van der Waals surface area contributed by atoms with Crippen molar-refractivity contribution in [3.8, 4) is 0 Å². The topological polar surface area (TPSA) is 46.3 Å². The Morgan fingerprint density at radius 2 is 2.33 bits per heavy atom. The number of nitrogens with zero attached hydrogens (tertiary/aromatic N) is 1. The molecule has 0 spiro atoms. The van der Waals surface area contributed by atoms with Crippen molar-refractivity contribution in [2.75, 3.05) is 19.6 Å². The zero-order valence-electron chi connectivity index (χ0n) is 10.2. The molecule has 1 aromatic rings. The third-order valence-corrected chi connectivity index (χ3v) is 3.90. The summed E-state index contributed by atoms with van der Waals surface area (Å²) in [6, 6.07) is 4.28. The van der Waals surface area contributed by atoms with Crippen LogP contribution in [0.3, 0.4) is 0 Å². The summed E-state index contributed by atoms with van der Waals surface area (Å²) in [5, 5.41) is -0.108. The maximum atomic E-state index is 13.3. The zero-order valence-corrected chi connectivity index (χ0v) is 11.0. The van der Waals surface area contributed by atoms with Crippen LogP contribution in [0.2, 0.25) is 5.02 Å². The molecule has 18 heavy (non-hydrogen) atoms. The molecular formula is C13H16ClFN2O. The molecule has 0 radical (unpaired) electrons. The number of nitrogens with two attached hydrogens (primary N) is 1. The predicted molar refractivity (Wildman–Crippen MR) is 69.1 cm³/mol. The van der Waals surface area contributed by atoms with E-state index in [1.54, 1.807) is 11.0 Å². The van der Waals surface area contributed by atoms with Gasteiger partial charge in [-0.1, -0.05) is 24.6 Å². The first kappa shape index (κ1) is 13.3. The van der Waals surface area contributed by atoms with Crippen molar-refractivity contribution in [3.63, 3.8) is 0 Å². The Bertz CT molecular complexity index is 480. The third-order valence-electron chi connectivity index (χ3n) is 3.52. The number of amides is 1. The highest BCUT2D eigenvalue weighted by molar-refractivity contribution is 6.34. The van der Waals surface area contributed by atoms with Gasteiger partial charge in [0, 0.05) is 13.1 Å². The first-order chi connectivity index (χ1) is 8.47. The molecule has 0 aromatic heterocycles. The minimum atomic E-state index is -0.566. The van der Waals surface area contributed by atoms with Crippen molar-refractivity contribution >= 4 is 17.5 Å². The van der Waals surface area contributed by atoms with Gasteiger partial charge in [0.05, 0.1) is 10.6 Å². The molecule has 3 nitrogen and oxygen atoms in total. The van der Waals surface area contributed by atoms with Crippen molar-refractivity contribution in [2.24, 2.45) is 11.1 Å². The van der Waals surface area contributed by atoms with E-state index < -0.39 is 5.82 Å². The van der Waals surface area contributed by atoms with Crippen molar-refractivity contribution < 1.29 is 9.18 Å². The number of halogens is 2. The molecular weight excluding hydrogens is 255 g/mol. The van der Waals surface area contributed by atoms with Crippen LogP contribution in [-0.2, 0) is 0 Å². The molecule has 2 N–H and O–H groups in total. The second kappa shape index (κ2) is 4.86. The SMILES string of the molecule is CC1(CN)CCN(C(=O)c2cccc(F)c2Cl)C1. The Labute approximate surface area is 111 Å². The molecule has 1 aromatic carbocycles. The Kier molecular flexibility index (Phi) is 3.59. The van der Waals surface area contributed by atoms with E-state index in [9.17, 15) is 9.18 Å². The molecule has 2 rings (SSSR count). The number of hydrogen-bond acceptors (Lipinski definition) is 2. The zero-order chi connectivity index (χ0) is 13.3. The molecule has 5 heteroatoms. The van der Waals surface area contributed by atoms with Gasteiger partial charge in [0.25, 0.3) is 5.91 Å². The second-order valence-corrected chi connectivity index (χ2v) is 5.47. The van der Waals surface area contributed by atoms with Gasteiger partial charge in [-0.15, -0.1) is 0 Å². The minimum absolute atomic E-state index is 0.0462. The van der Waals surface area contributed by atoms with Crippen LogP contribution in [0.25, 0.3) is 0 Å². The number of likely N-dealkylation sites (tertiary alicyclic amines) is 1. The molecule has 1 saturated heterocycles. The van der Waals surface area contributed by atoms with E-state index >= 15 is 0 Å². The van der Waals surface area contributed by atoms with Crippen LogP contribution >= 0.6 is 11.6 Å². The van der Waals surface area contributed by atoms with Crippen molar-refractivity contribution in [2.45, 2.75) is 13.3 Å². The van der Waals surface area contributed by atoms with E-state index in [4.69, 9.17) is 17.3 Å². The highest BCUT2D eigenvalue weighted by Gasteiger charge is 2.35. The highest BCUT2D eigenvalue weighted by atomic mass is 35.5. The smallest absolute Gasteiger partial charge is 0.255 e. The van der Waals surface area contributed by atoms with Gasteiger partial charge in [-0.25, -0.2) is 4.39 Å². The maximum absolute atomic E-state index is 13.3. The molecule has 0 saturated carbocycles. The number of rotatable bonds is 2. The van der Waals surface area contributed by atoms with E-state index in [2.05, 4.69) is 0 Å². The minimum Gasteiger partial charge on any atom is -0.338 e. The number of benzene rings is 1. The van der Waals surface area contributed by atoms with Crippen LogP contribution in [-0.4, -0.2) is 30.4 Å². The molecule has 0 bridgehead atoms. The lowest BCUT2D eigenvalue weighted by molar-refractivity contribution is 0.0776. The van der Waals surface area contributed by atoms with Crippen LogP contribution in [0.4, 0.5) is 4.39 Å². The van der Waals surface area contributed by atoms with Gasteiger partial charge in [0.15, 0.2) is 0 Å². The number of hydrogen-bond donors (Lipinski definition) is 1. The summed E-state index contributed by atoms with van der Waals surface area (Å²) in [7, 11) is 0. The summed E-state index contributed by atoms with van der Waals surface area (Å²) in [4.78, 5) is 13.9. The van der Waals surface area contributed by atoms with Gasteiger partial charge >= 0.3 is 0 Å². The fourth-order valence-electron chi connectivity index (χ4n) is 2.20. The standard InChI is InChI=1S/C13H16ClFN2O/c1-13(7-16)5-6-17(8-13)12(18)9-3-2-4-10(15)11(9)14/h2-4H,5-8,16H2,1H3. The fourth-order valence-corrected chi connectivity index (χ4v) is 2.41. The van der Waals surface area contributed by atoms with E-state index in [0.717, 1.165) is 6.42 Å². The fraction of sp³-hybridized carbons (Fsp3) is 0.462. The van der Waals surface area contributed by atoms with E-state index in [-0.39, 0.29) is 21.9 Å². The first-order valence-electron chi connectivity index (χ1n) is 5.90. The van der Waals surface area contributed by atoms with Gasteiger partial charge in [-0.2, -0.15) is 0 Å². The lowest BCUT2D eigenvalue weighted by Crippen LogP contribution is -2.34. The summed E-state index contributed by atoms with van der Waals surface area (Å²) in [6.45, 7) is 3.82. The molecule has 1 heterocycles. The average molecular weight is 271 g/mol. The van der Waals surface area contributed by atoms with Crippen LogP contribution in [0.15, 0.2) is 18.2 Å². The third kappa shape index (κ3) is 2.35. The van der Waals surface area contributed by atoms with Crippen molar-refractivity contribution in [1.29, 1.82) is 0 Å². The van der Waals surface area contributed by atoms with Crippen LogP contribution in [0, 0.1) is 11.2 Å². The molecule has 98 valence electrons. The highest BCUT2D eigenvalue weighted by Crippen LogP contribution is 2.31. The summed E-state index contributed by atoms with van der Waals surface area (Å²) >= 11 is 5.82. The van der Waals surface area contributed by atoms with Gasteiger partial charge in [0.1, 0.15) is 5.82 Å². The molecule has 1 atom stereocenters. The maximum Gasteiger partial charge on any atom is 0.255 e. The average Bonchev–Trinajstić information content (AvgIpc) is 2.75. The summed E-state index contributed by atoms with van der Waals surface area (Å²) in [6.07, 6.45) is 0.863. The van der Waals surface area contributed by atoms with E-state index in [1.807, 2.05) is 6.92 Å². The van der Waals surface area contributed by atoms with Gasteiger partial charge < -0.3 is 10.6 Å². The quantitative estimate of drug-likeness (QED) is 0.896. The largest absolute Gasteiger partial charge is 0.338 e. The molecule has 0 aliphatic carbocycles. The Morgan fingerprint density at radius 3 is 2.94 bits per heavy atom. The monoisotopic (exact) mass is 270 g/mol. The molecule has 1 aliphatic rings. The molecule has 1 unspecified atom stereocenters. The normalized spacial score (nSPS) is 23.4. The summed E-state index contributed by atoms with van der Waals surface area (Å²) < 4.78 is 13.3. The van der Waals surface area contributed by atoms with Gasteiger partial charge in [-0.05, 0) is 30.5 Å². The van der Waals surface area contributed by atoms with Crippen LogP contribution < -0.4 is 5.73 Å². The van der Waals surface area contributed by atoms with Crippen molar-refractivity contribution in [1.82, 2.24) is 4.90 Å². The van der Waals surface area contributed by atoms with Gasteiger partial charge in [-0.3, -0.25) is 4.79 Å². The number of carbonyl (C=O) groups is 1. The molecule has 1 fully saturated rings. The van der Waals surface area contributed by atoms with Crippen molar-refractivity contribution in [3.05, 3.63) is 34.6 Å². The van der Waals surface area contributed by atoms with E-state index in [1.165, 1.54) is 12.1 Å². The van der Waals surface area contributed by atoms with E-state index in [0.29, 0.717) is 19.6 Å². The van der Waals surface area contributed by atoms with Crippen LogP contribution in [0.1, 0.15) is 23.7 Å². The molecule has 1 amide bonds. The molecule has 1 aliphatic heterocycles. The summed E-state index contributed by atoms with van der Waals surface area (Å²) in [5.41, 5.74) is 5.87. The lowest BCUT2D eigenvalue weighted by Gasteiger charge is -2.22. The van der Waals surface area contributed by atoms with Gasteiger partial charge in [0.2, 0.25) is 0 Å². The first-order valence-corrected chi connectivity index (χ1v) is 6.28. The Morgan fingerprint density at radius 1 is 1.61 bits per heavy atom.